The van der Waals surface area contributed by atoms with Gasteiger partial charge in [-0.25, -0.2) is 9.07 Å². The summed E-state index contributed by atoms with van der Waals surface area (Å²) in [7, 11) is 0. The van der Waals surface area contributed by atoms with Crippen molar-refractivity contribution in [2.75, 3.05) is 0 Å². The Hall–Kier alpha value is -2.66. The zero-order valence-corrected chi connectivity index (χ0v) is 16.2. The first-order valence-corrected chi connectivity index (χ1v) is 9.16. The lowest BCUT2D eigenvalue weighted by Crippen LogP contribution is -2.37. The van der Waals surface area contributed by atoms with Gasteiger partial charge in [-0.05, 0) is 49.2 Å². The van der Waals surface area contributed by atoms with Crippen LogP contribution in [0.4, 0.5) is 4.39 Å². The number of halogens is 2. The van der Waals surface area contributed by atoms with Gasteiger partial charge in [0.1, 0.15) is 11.5 Å². The van der Waals surface area contributed by atoms with Gasteiger partial charge in [-0.15, -0.1) is 0 Å². The normalized spacial score (nSPS) is 12.2. The molecule has 0 fully saturated rings. The maximum Gasteiger partial charge on any atom is 0.270 e. The van der Waals surface area contributed by atoms with E-state index in [-0.39, 0.29) is 17.9 Å². The van der Waals surface area contributed by atoms with Gasteiger partial charge in [0.15, 0.2) is 0 Å². The van der Waals surface area contributed by atoms with Crippen molar-refractivity contribution in [2.24, 2.45) is 5.92 Å². The van der Waals surface area contributed by atoms with E-state index in [9.17, 15) is 9.18 Å². The summed E-state index contributed by atoms with van der Waals surface area (Å²) in [6, 6.07) is 15.0. The van der Waals surface area contributed by atoms with E-state index in [1.165, 1.54) is 10.7 Å². The number of nitrogens with zero attached hydrogens (tertiary/aromatic N) is 2. The Bertz CT molecular complexity index is 968. The van der Waals surface area contributed by atoms with E-state index in [1.807, 2.05) is 20.8 Å². The number of carbonyl (C=O) groups excluding carboxylic acids is 1. The van der Waals surface area contributed by atoms with Crippen molar-refractivity contribution in [3.63, 3.8) is 0 Å². The monoisotopic (exact) mass is 385 g/mol. The Balaban J connectivity index is 2.10. The first kappa shape index (κ1) is 19.1. The van der Waals surface area contributed by atoms with E-state index in [4.69, 9.17) is 11.6 Å². The maximum absolute atomic E-state index is 14.2. The predicted molar refractivity (Wildman–Crippen MR) is 106 cm³/mol. The Morgan fingerprint density at radius 2 is 1.85 bits per heavy atom. The van der Waals surface area contributed by atoms with Crippen molar-refractivity contribution in [1.29, 1.82) is 0 Å². The topological polar surface area (TPSA) is 46.9 Å². The molecule has 3 aromatic rings. The second kappa shape index (κ2) is 7.92. The van der Waals surface area contributed by atoms with E-state index in [0.29, 0.717) is 27.7 Å². The molecule has 0 bridgehead atoms. The number of nitrogens with one attached hydrogen (secondary N) is 1. The molecular formula is C21H21ClFN3O. The Morgan fingerprint density at radius 1 is 1.11 bits per heavy atom. The first-order valence-electron chi connectivity index (χ1n) is 8.78. The molecule has 1 N–H and O–H groups in total. The van der Waals surface area contributed by atoms with Gasteiger partial charge >= 0.3 is 0 Å². The lowest BCUT2D eigenvalue weighted by atomic mass is 10.1. The van der Waals surface area contributed by atoms with Gasteiger partial charge < -0.3 is 5.32 Å². The minimum absolute atomic E-state index is 0.0166. The van der Waals surface area contributed by atoms with Crippen LogP contribution in [-0.2, 0) is 0 Å². The SMILES string of the molecule is CC(C)C(C)NC(=O)c1cc(-c2ccccc2F)nn1-c1cccc(Cl)c1. The number of rotatable bonds is 5. The van der Waals surface area contributed by atoms with E-state index in [2.05, 4.69) is 10.4 Å². The largest absolute Gasteiger partial charge is 0.348 e. The maximum atomic E-state index is 14.2. The summed E-state index contributed by atoms with van der Waals surface area (Å²) in [4.78, 5) is 12.9. The van der Waals surface area contributed by atoms with Gasteiger partial charge in [0.25, 0.3) is 5.91 Å². The number of carbonyl (C=O) groups is 1. The highest BCUT2D eigenvalue weighted by atomic mass is 35.5. The molecule has 3 rings (SSSR count). The van der Waals surface area contributed by atoms with Crippen LogP contribution in [0.2, 0.25) is 5.02 Å². The van der Waals surface area contributed by atoms with Crippen molar-refractivity contribution in [3.8, 4) is 16.9 Å². The van der Waals surface area contributed by atoms with Crippen LogP contribution in [0, 0.1) is 11.7 Å². The average molecular weight is 386 g/mol. The summed E-state index contributed by atoms with van der Waals surface area (Å²) >= 11 is 6.10. The Morgan fingerprint density at radius 3 is 2.52 bits per heavy atom. The third kappa shape index (κ3) is 4.19. The molecule has 2 aromatic carbocycles. The molecule has 140 valence electrons. The Labute approximate surface area is 163 Å². The number of amides is 1. The van der Waals surface area contributed by atoms with Gasteiger partial charge in [0, 0.05) is 16.6 Å². The number of hydrogen-bond donors (Lipinski definition) is 1. The molecule has 1 unspecified atom stereocenters. The van der Waals surface area contributed by atoms with Crippen molar-refractivity contribution in [3.05, 3.63) is 71.1 Å². The highest BCUT2D eigenvalue weighted by Crippen LogP contribution is 2.25. The number of hydrogen-bond acceptors (Lipinski definition) is 2. The van der Waals surface area contributed by atoms with E-state index in [1.54, 1.807) is 48.5 Å². The summed E-state index contributed by atoms with van der Waals surface area (Å²) in [5, 5.41) is 7.98. The van der Waals surface area contributed by atoms with Crippen molar-refractivity contribution < 1.29 is 9.18 Å². The van der Waals surface area contributed by atoms with Crippen LogP contribution in [0.25, 0.3) is 16.9 Å². The molecule has 0 aliphatic rings. The third-order valence-corrected chi connectivity index (χ3v) is 4.74. The minimum Gasteiger partial charge on any atom is -0.348 e. The molecule has 0 aliphatic heterocycles. The lowest BCUT2D eigenvalue weighted by molar-refractivity contribution is 0.0922. The fourth-order valence-corrected chi connectivity index (χ4v) is 2.78. The molecule has 6 heteroatoms. The molecule has 0 aliphatic carbocycles. The molecule has 1 aromatic heterocycles. The summed E-state index contributed by atoms with van der Waals surface area (Å²) in [5.41, 5.74) is 1.68. The average Bonchev–Trinajstić information content (AvgIpc) is 3.07. The van der Waals surface area contributed by atoms with Gasteiger partial charge in [0.05, 0.1) is 11.4 Å². The van der Waals surface area contributed by atoms with E-state index >= 15 is 0 Å². The van der Waals surface area contributed by atoms with Crippen molar-refractivity contribution in [1.82, 2.24) is 15.1 Å². The third-order valence-electron chi connectivity index (χ3n) is 4.50. The second-order valence-electron chi connectivity index (χ2n) is 6.79. The van der Waals surface area contributed by atoms with Crippen LogP contribution in [0.1, 0.15) is 31.3 Å². The molecule has 4 nitrogen and oxygen atoms in total. The van der Waals surface area contributed by atoms with Gasteiger partial charge in [-0.2, -0.15) is 5.10 Å². The fourth-order valence-electron chi connectivity index (χ4n) is 2.60. The van der Waals surface area contributed by atoms with E-state index in [0.717, 1.165) is 0 Å². The van der Waals surface area contributed by atoms with Crippen molar-refractivity contribution >= 4 is 17.5 Å². The zero-order chi connectivity index (χ0) is 19.6. The molecular weight excluding hydrogens is 365 g/mol. The fraction of sp³-hybridized carbons (Fsp3) is 0.238. The predicted octanol–water partition coefficient (Wildman–Crippen LogP) is 5.11. The van der Waals surface area contributed by atoms with Crippen LogP contribution in [0.15, 0.2) is 54.6 Å². The van der Waals surface area contributed by atoms with Crippen molar-refractivity contribution in [2.45, 2.75) is 26.8 Å². The highest BCUT2D eigenvalue weighted by Gasteiger charge is 2.21. The lowest BCUT2D eigenvalue weighted by Gasteiger charge is -2.17. The molecule has 27 heavy (non-hydrogen) atoms. The molecule has 0 radical (unpaired) electrons. The number of benzene rings is 2. The second-order valence-corrected chi connectivity index (χ2v) is 7.23. The van der Waals surface area contributed by atoms with Crippen LogP contribution >= 0.6 is 11.6 Å². The summed E-state index contributed by atoms with van der Waals surface area (Å²) in [6.07, 6.45) is 0. The van der Waals surface area contributed by atoms with Crippen LogP contribution < -0.4 is 5.32 Å². The zero-order valence-electron chi connectivity index (χ0n) is 15.4. The molecule has 1 amide bonds. The molecule has 0 saturated carbocycles. The quantitative estimate of drug-likeness (QED) is 0.663. The van der Waals surface area contributed by atoms with Crippen LogP contribution in [0.5, 0.6) is 0 Å². The molecule has 1 atom stereocenters. The molecule has 1 heterocycles. The molecule has 0 spiro atoms. The smallest absolute Gasteiger partial charge is 0.270 e. The van der Waals surface area contributed by atoms with E-state index < -0.39 is 5.82 Å². The summed E-state index contributed by atoms with van der Waals surface area (Å²) in [6.45, 7) is 6.01. The highest BCUT2D eigenvalue weighted by molar-refractivity contribution is 6.30. The first-order chi connectivity index (χ1) is 12.9. The van der Waals surface area contributed by atoms with Gasteiger partial charge in [0.2, 0.25) is 0 Å². The molecule has 0 saturated heterocycles. The summed E-state index contributed by atoms with van der Waals surface area (Å²) in [5.74, 6) is -0.385. The van der Waals surface area contributed by atoms with Gasteiger partial charge in [-0.1, -0.05) is 43.6 Å². The van der Waals surface area contributed by atoms with Gasteiger partial charge in [-0.3, -0.25) is 4.79 Å². The standard InChI is InChI=1S/C21H21ClFN3O/c1-13(2)14(3)24-21(27)20-12-19(17-9-4-5-10-18(17)23)25-26(20)16-8-6-7-15(22)11-16/h4-14H,1-3H3,(H,24,27). The van der Waals surface area contributed by atoms with Crippen LogP contribution in [0.3, 0.4) is 0 Å². The minimum atomic E-state index is -0.393. The van der Waals surface area contributed by atoms with Crippen LogP contribution in [-0.4, -0.2) is 21.7 Å². The summed E-state index contributed by atoms with van der Waals surface area (Å²) < 4.78 is 15.7. The Kier molecular flexibility index (Phi) is 5.61. The number of aromatic nitrogens is 2.